The van der Waals surface area contributed by atoms with Gasteiger partial charge in [0.05, 0.1) is 5.52 Å². The summed E-state index contributed by atoms with van der Waals surface area (Å²) in [4.78, 5) is 25.8. The SMILES string of the molecule is C[C@H]1Cc2cccc3c(O)c(C(=O)NCc4ccc5c(c4)OCO5)c(=O)n1c23. The van der Waals surface area contributed by atoms with Crippen LogP contribution in [0.25, 0.3) is 10.9 Å². The second-order valence-corrected chi connectivity index (χ2v) is 7.14. The van der Waals surface area contributed by atoms with Crippen molar-refractivity contribution in [3.05, 3.63) is 63.4 Å². The normalized spacial score (nSPS) is 16.5. The first-order chi connectivity index (χ1) is 13.5. The van der Waals surface area contributed by atoms with Crippen molar-refractivity contribution in [3.8, 4) is 17.2 Å². The van der Waals surface area contributed by atoms with Gasteiger partial charge < -0.3 is 24.5 Å². The monoisotopic (exact) mass is 378 g/mol. The highest BCUT2D eigenvalue weighted by molar-refractivity contribution is 6.03. The Kier molecular flexibility index (Phi) is 3.58. The average molecular weight is 378 g/mol. The van der Waals surface area contributed by atoms with Gasteiger partial charge in [0.15, 0.2) is 11.5 Å². The molecule has 0 saturated heterocycles. The molecule has 0 radical (unpaired) electrons. The van der Waals surface area contributed by atoms with E-state index in [9.17, 15) is 14.7 Å². The second kappa shape index (κ2) is 6.02. The fraction of sp³-hybridized carbons (Fsp3) is 0.238. The van der Waals surface area contributed by atoms with Crippen LogP contribution in [0.15, 0.2) is 41.2 Å². The first-order valence-corrected chi connectivity index (χ1v) is 9.10. The van der Waals surface area contributed by atoms with E-state index in [0.717, 1.165) is 11.1 Å². The summed E-state index contributed by atoms with van der Waals surface area (Å²) in [7, 11) is 0. The van der Waals surface area contributed by atoms with E-state index in [1.54, 1.807) is 22.8 Å². The Bertz CT molecular complexity index is 1200. The van der Waals surface area contributed by atoms with E-state index in [1.807, 2.05) is 25.1 Å². The molecule has 2 aromatic carbocycles. The summed E-state index contributed by atoms with van der Waals surface area (Å²) in [5, 5.41) is 13.9. The maximum Gasteiger partial charge on any atom is 0.267 e. The van der Waals surface area contributed by atoms with Gasteiger partial charge in [0.2, 0.25) is 6.79 Å². The van der Waals surface area contributed by atoms with Gasteiger partial charge in [-0.05, 0) is 42.7 Å². The van der Waals surface area contributed by atoms with Crippen molar-refractivity contribution in [1.29, 1.82) is 0 Å². The predicted molar refractivity (Wildman–Crippen MR) is 102 cm³/mol. The number of carbonyl (C=O) groups is 1. The molecule has 3 aromatic rings. The number of nitrogens with one attached hydrogen (secondary N) is 1. The molecule has 0 bridgehead atoms. The molecule has 28 heavy (non-hydrogen) atoms. The quantitative estimate of drug-likeness (QED) is 0.731. The molecule has 0 spiro atoms. The van der Waals surface area contributed by atoms with Gasteiger partial charge >= 0.3 is 0 Å². The minimum absolute atomic E-state index is 0.0617. The first-order valence-electron chi connectivity index (χ1n) is 9.10. The van der Waals surface area contributed by atoms with E-state index in [4.69, 9.17) is 9.47 Å². The van der Waals surface area contributed by atoms with Crippen LogP contribution >= 0.6 is 0 Å². The number of rotatable bonds is 3. The van der Waals surface area contributed by atoms with E-state index in [1.165, 1.54) is 0 Å². The number of amides is 1. The van der Waals surface area contributed by atoms with Gasteiger partial charge in [-0.25, -0.2) is 0 Å². The second-order valence-electron chi connectivity index (χ2n) is 7.14. The van der Waals surface area contributed by atoms with Crippen molar-refractivity contribution >= 4 is 16.8 Å². The number of benzene rings is 2. The van der Waals surface area contributed by atoms with Gasteiger partial charge in [-0.15, -0.1) is 0 Å². The van der Waals surface area contributed by atoms with Gasteiger partial charge in [-0.3, -0.25) is 9.59 Å². The molecule has 1 atom stereocenters. The summed E-state index contributed by atoms with van der Waals surface area (Å²) in [6.45, 7) is 2.31. The third-order valence-corrected chi connectivity index (χ3v) is 5.36. The Labute approximate surface area is 160 Å². The predicted octanol–water partition coefficient (Wildman–Crippen LogP) is 2.48. The fourth-order valence-corrected chi connectivity index (χ4v) is 4.05. The van der Waals surface area contributed by atoms with Crippen molar-refractivity contribution in [2.24, 2.45) is 0 Å². The smallest absolute Gasteiger partial charge is 0.267 e. The number of para-hydroxylation sites is 1. The van der Waals surface area contributed by atoms with Gasteiger partial charge in [-0.2, -0.15) is 0 Å². The molecule has 1 amide bonds. The molecular weight excluding hydrogens is 360 g/mol. The Morgan fingerprint density at radius 2 is 2.07 bits per heavy atom. The molecule has 2 aliphatic heterocycles. The topological polar surface area (TPSA) is 89.8 Å². The maximum absolute atomic E-state index is 13.0. The zero-order chi connectivity index (χ0) is 19.4. The van der Waals surface area contributed by atoms with Gasteiger partial charge in [0.25, 0.3) is 11.5 Å². The van der Waals surface area contributed by atoms with Crippen LogP contribution in [0.5, 0.6) is 17.2 Å². The maximum atomic E-state index is 13.0. The highest BCUT2D eigenvalue weighted by Crippen LogP contribution is 2.36. The largest absolute Gasteiger partial charge is 0.506 e. The molecule has 0 unspecified atom stereocenters. The molecule has 1 aromatic heterocycles. The molecule has 2 N–H and O–H groups in total. The number of fused-ring (bicyclic) bond motifs is 1. The lowest BCUT2D eigenvalue weighted by Gasteiger charge is -2.14. The third kappa shape index (κ3) is 2.36. The Morgan fingerprint density at radius 1 is 1.25 bits per heavy atom. The van der Waals surface area contributed by atoms with E-state index in [-0.39, 0.29) is 30.7 Å². The average Bonchev–Trinajstić information content (AvgIpc) is 3.28. The molecule has 0 aliphatic carbocycles. The van der Waals surface area contributed by atoms with Crippen molar-refractivity contribution in [1.82, 2.24) is 9.88 Å². The Morgan fingerprint density at radius 3 is 2.93 bits per heavy atom. The van der Waals surface area contributed by atoms with Crippen LogP contribution in [-0.4, -0.2) is 22.4 Å². The van der Waals surface area contributed by atoms with Crippen LogP contribution in [-0.2, 0) is 13.0 Å². The van der Waals surface area contributed by atoms with Gasteiger partial charge in [0, 0.05) is 18.0 Å². The van der Waals surface area contributed by atoms with E-state index in [2.05, 4.69) is 5.32 Å². The molecule has 7 heteroatoms. The zero-order valence-electron chi connectivity index (χ0n) is 15.2. The summed E-state index contributed by atoms with van der Waals surface area (Å²) in [5.41, 5.74) is 1.83. The number of aromatic nitrogens is 1. The summed E-state index contributed by atoms with van der Waals surface area (Å²) in [5.74, 6) is 0.411. The van der Waals surface area contributed by atoms with Crippen LogP contribution in [0.1, 0.15) is 34.5 Å². The lowest BCUT2D eigenvalue weighted by Crippen LogP contribution is -2.33. The number of nitrogens with zero attached hydrogens (tertiary/aromatic N) is 1. The fourth-order valence-electron chi connectivity index (χ4n) is 4.05. The molecule has 3 heterocycles. The Hall–Kier alpha value is -3.48. The molecule has 0 saturated carbocycles. The van der Waals surface area contributed by atoms with Crippen LogP contribution < -0.4 is 20.3 Å². The van der Waals surface area contributed by atoms with Gasteiger partial charge in [-0.1, -0.05) is 18.2 Å². The minimum Gasteiger partial charge on any atom is -0.506 e. The van der Waals surface area contributed by atoms with E-state index >= 15 is 0 Å². The number of hydrogen-bond donors (Lipinski definition) is 2. The number of aromatic hydroxyl groups is 1. The molecule has 0 fully saturated rings. The number of ether oxygens (including phenoxy) is 2. The highest BCUT2D eigenvalue weighted by atomic mass is 16.7. The van der Waals surface area contributed by atoms with E-state index in [0.29, 0.717) is 28.8 Å². The van der Waals surface area contributed by atoms with Crippen molar-refractivity contribution < 1.29 is 19.4 Å². The zero-order valence-corrected chi connectivity index (χ0v) is 15.2. The lowest BCUT2D eigenvalue weighted by molar-refractivity contribution is 0.0946. The summed E-state index contributed by atoms with van der Waals surface area (Å²) >= 11 is 0. The number of pyridine rings is 1. The van der Waals surface area contributed by atoms with Crippen molar-refractivity contribution in [2.45, 2.75) is 25.9 Å². The number of carbonyl (C=O) groups excluding carboxylic acids is 1. The standard InChI is InChI=1S/C21H18N2O5/c1-11-7-13-3-2-4-14-18(13)23(11)21(26)17(19(14)24)20(25)22-9-12-5-6-15-16(8-12)28-10-27-15/h2-6,8,11,24H,7,9-10H2,1H3,(H,22,25)/t11-/m0/s1. The lowest BCUT2D eigenvalue weighted by atomic mass is 10.1. The van der Waals surface area contributed by atoms with Crippen LogP contribution in [0.4, 0.5) is 0 Å². The van der Waals surface area contributed by atoms with Crippen LogP contribution in [0.3, 0.4) is 0 Å². The van der Waals surface area contributed by atoms with Gasteiger partial charge in [0.1, 0.15) is 11.3 Å². The van der Waals surface area contributed by atoms with Crippen molar-refractivity contribution in [2.75, 3.05) is 6.79 Å². The highest BCUT2D eigenvalue weighted by Gasteiger charge is 2.29. The molecular formula is C21H18N2O5. The van der Waals surface area contributed by atoms with Crippen LogP contribution in [0.2, 0.25) is 0 Å². The van der Waals surface area contributed by atoms with Crippen molar-refractivity contribution in [3.63, 3.8) is 0 Å². The first kappa shape index (κ1) is 16.7. The minimum atomic E-state index is -0.602. The third-order valence-electron chi connectivity index (χ3n) is 5.36. The molecule has 7 nitrogen and oxygen atoms in total. The summed E-state index contributed by atoms with van der Waals surface area (Å²) in [6.07, 6.45) is 0.703. The van der Waals surface area contributed by atoms with Crippen LogP contribution in [0, 0.1) is 0 Å². The molecule has 5 rings (SSSR count). The molecule has 2 aliphatic rings. The summed E-state index contributed by atoms with van der Waals surface area (Å²) < 4.78 is 12.2. The summed E-state index contributed by atoms with van der Waals surface area (Å²) in [6, 6.07) is 10.8. The number of hydrogen-bond acceptors (Lipinski definition) is 5. The van der Waals surface area contributed by atoms with E-state index < -0.39 is 11.5 Å². The molecule has 142 valence electrons. The Balaban J connectivity index is 1.50.